The Hall–Kier alpha value is -2.73. The van der Waals surface area contributed by atoms with Crippen LogP contribution in [0.1, 0.15) is 52.9 Å². The first kappa shape index (κ1) is 27.3. The molecule has 0 aromatic rings. The zero-order chi connectivity index (χ0) is 24.4. The molecule has 7 N–H and O–H groups in total. The van der Waals surface area contributed by atoms with Crippen molar-refractivity contribution in [2.24, 2.45) is 5.92 Å². The molecule has 1 heterocycles. The van der Waals surface area contributed by atoms with E-state index in [4.69, 9.17) is 5.11 Å². The third-order valence-corrected chi connectivity index (χ3v) is 5.50. The summed E-state index contributed by atoms with van der Waals surface area (Å²) in [6.07, 6.45) is -0.173. The monoisotopic (exact) mass is 458 g/mol. The predicted molar refractivity (Wildman–Crippen MR) is 112 cm³/mol. The van der Waals surface area contributed by atoms with E-state index in [1.54, 1.807) is 13.8 Å². The van der Waals surface area contributed by atoms with Crippen LogP contribution in [0.4, 0.5) is 0 Å². The van der Waals surface area contributed by atoms with Gasteiger partial charge in [0.05, 0.1) is 12.1 Å². The standard InChI is InChI=1S/C20H34N4O8/c1-4-10(2)15(20(31)32)23-19(30)16(11(3)25)24-18(29)13(7-8-14(26)27)22-17(28)12-6-5-9-21-12/h10-13,15-16,21,25H,4-9H2,1-3H3,(H,22,28)(H,23,30)(H,24,29)(H,26,27)(H,31,32). The van der Waals surface area contributed by atoms with Crippen LogP contribution in [0.3, 0.4) is 0 Å². The van der Waals surface area contributed by atoms with Crippen LogP contribution in [0.5, 0.6) is 0 Å². The Labute approximate surface area is 186 Å². The second kappa shape index (κ2) is 13.0. The molecule has 0 spiro atoms. The number of aliphatic hydroxyl groups excluding tert-OH is 1. The zero-order valence-electron chi connectivity index (χ0n) is 18.6. The average molecular weight is 459 g/mol. The lowest BCUT2D eigenvalue weighted by Crippen LogP contribution is -2.60. The Balaban J connectivity index is 2.92. The van der Waals surface area contributed by atoms with Crippen molar-refractivity contribution in [3.63, 3.8) is 0 Å². The summed E-state index contributed by atoms with van der Waals surface area (Å²) in [5.41, 5.74) is 0. The molecule has 3 amide bonds. The number of aliphatic hydroxyl groups is 1. The molecule has 0 saturated carbocycles. The van der Waals surface area contributed by atoms with Crippen molar-refractivity contribution in [1.82, 2.24) is 21.3 Å². The smallest absolute Gasteiger partial charge is 0.326 e. The summed E-state index contributed by atoms with van der Waals surface area (Å²) < 4.78 is 0. The van der Waals surface area contributed by atoms with Gasteiger partial charge in [0.2, 0.25) is 17.7 Å². The molecule has 1 saturated heterocycles. The molecule has 0 bridgehead atoms. The molecule has 6 atom stereocenters. The number of aliphatic carboxylic acids is 2. The minimum absolute atomic E-state index is 0.224. The van der Waals surface area contributed by atoms with Gasteiger partial charge in [0.1, 0.15) is 18.1 Å². The number of hydrogen-bond donors (Lipinski definition) is 7. The normalized spacial score (nSPS) is 20.3. The van der Waals surface area contributed by atoms with Gasteiger partial charge in [0.15, 0.2) is 0 Å². The maximum atomic E-state index is 12.8. The largest absolute Gasteiger partial charge is 0.481 e. The van der Waals surface area contributed by atoms with Gasteiger partial charge in [0.25, 0.3) is 0 Å². The van der Waals surface area contributed by atoms with E-state index in [0.29, 0.717) is 19.4 Å². The Morgan fingerprint density at radius 1 is 1.00 bits per heavy atom. The Bertz CT molecular complexity index is 693. The summed E-state index contributed by atoms with van der Waals surface area (Å²) in [7, 11) is 0. The van der Waals surface area contributed by atoms with Crippen molar-refractivity contribution in [3.05, 3.63) is 0 Å². The van der Waals surface area contributed by atoms with E-state index in [0.717, 1.165) is 6.42 Å². The maximum Gasteiger partial charge on any atom is 0.326 e. The zero-order valence-corrected chi connectivity index (χ0v) is 18.6. The number of rotatable bonds is 13. The minimum Gasteiger partial charge on any atom is -0.481 e. The van der Waals surface area contributed by atoms with Crippen LogP contribution in [0.2, 0.25) is 0 Å². The van der Waals surface area contributed by atoms with E-state index in [2.05, 4.69) is 21.3 Å². The Kier molecular flexibility index (Phi) is 11.1. The second-order valence-corrected chi connectivity index (χ2v) is 8.08. The lowest BCUT2D eigenvalue weighted by atomic mass is 9.98. The highest BCUT2D eigenvalue weighted by Crippen LogP contribution is 2.10. The van der Waals surface area contributed by atoms with Crippen LogP contribution in [0, 0.1) is 5.92 Å². The van der Waals surface area contributed by atoms with Gasteiger partial charge < -0.3 is 36.6 Å². The molecule has 0 aliphatic carbocycles. The summed E-state index contributed by atoms with van der Waals surface area (Å²) in [6, 6.07) is -4.47. The van der Waals surface area contributed by atoms with Gasteiger partial charge in [-0.2, -0.15) is 0 Å². The van der Waals surface area contributed by atoms with Crippen LogP contribution in [-0.4, -0.2) is 81.8 Å². The van der Waals surface area contributed by atoms with Crippen molar-refractivity contribution in [2.75, 3.05) is 6.54 Å². The summed E-state index contributed by atoms with van der Waals surface area (Å²) in [6.45, 7) is 5.30. The molecule has 0 aromatic carbocycles. The first-order valence-corrected chi connectivity index (χ1v) is 10.7. The predicted octanol–water partition coefficient (Wildman–Crippen LogP) is -1.43. The number of carbonyl (C=O) groups excluding carboxylic acids is 3. The maximum absolute atomic E-state index is 12.8. The van der Waals surface area contributed by atoms with E-state index in [1.165, 1.54) is 6.92 Å². The van der Waals surface area contributed by atoms with E-state index >= 15 is 0 Å². The number of carboxylic acid groups (broad SMARTS) is 2. The molecule has 1 aliphatic heterocycles. The first-order valence-electron chi connectivity index (χ1n) is 10.7. The van der Waals surface area contributed by atoms with Crippen molar-refractivity contribution in [3.8, 4) is 0 Å². The van der Waals surface area contributed by atoms with Gasteiger partial charge in [0, 0.05) is 6.42 Å². The molecule has 0 radical (unpaired) electrons. The average Bonchev–Trinajstić information content (AvgIpc) is 3.26. The molecule has 32 heavy (non-hydrogen) atoms. The fourth-order valence-electron chi connectivity index (χ4n) is 3.30. The lowest BCUT2D eigenvalue weighted by Gasteiger charge is -2.27. The van der Waals surface area contributed by atoms with Gasteiger partial charge >= 0.3 is 11.9 Å². The summed E-state index contributed by atoms with van der Waals surface area (Å²) in [4.78, 5) is 60.3. The number of carboxylic acids is 2. The van der Waals surface area contributed by atoms with Crippen LogP contribution < -0.4 is 21.3 Å². The third kappa shape index (κ3) is 8.42. The van der Waals surface area contributed by atoms with Crippen molar-refractivity contribution in [2.45, 2.75) is 83.1 Å². The van der Waals surface area contributed by atoms with Crippen LogP contribution in [0.15, 0.2) is 0 Å². The highest BCUT2D eigenvalue weighted by atomic mass is 16.4. The number of nitrogens with one attached hydrogen (secondary N) is 4. The molecule has 12 heteroatoms. The molecule has 12 nitrogen and oxygen atoms in total. The molecule has 1 rings (SSSR count). The number of hydrogen-bond acceptors (Lipinski definition) is 7. The molecular weight excluding hydrogens is 424 g/mol. The first-order chi connectivity index (χ1) is 15.0. The molecule has 1 aliphatic rings. The highest BCUT2D eigenvalue weighted by molar-refractivity contribution is 5.94. The van der Waals surface area contributed by atoms with E-state index in [1.807, 2.05) is 0 Å². The van der Waals surface area contributed by atoms with Crippen molar-refractivity contribution in [1.29, 1.82) is 0 Å². The van der Waals surface area contributed by atoms with Gasteiger partial charge in [-0.1, -0.05) is 20.3 Å². The fraction of sp³-hybridized carbons (Fsp3) is 0.750. The van der Waals surface area contributed by atoms with Crippen LogP contribution in [-0.2, 0) is 24.0 Å². The van der Waals surface area contributed by atoms with Crippen molar-refractivity contribution < 1.29 is 39.3 Å². The third-order valence-electron chi connectivity index (χ3n) is 5.50. The SMILES string of the molecule is CCC(C)C(NC(=O)C(NC(=O)C(CCC(=O)O)NC(=O)C1CCCN1)C(C)O)C(=O)O. The van der Waals surface area contributed by atoms with E-state index < -0.39 is 72.3 Å². The summed E-state index contributed by atoms with van der Waals surface area (Å²) in [5, 5.41) is 38.5. The Morgan fingerprint density at radius 3 is 2.09 bits per heavy atom. The van der Waals surface area contributed by atoms with Crippen molar-refractivity contribution >= 4 is 29.7 Å². The van der Waals surface area contributed by atoms with E-state index in [9.17, 15) is 34.2 Å². The second-order valence-electron chi connectivity index (χ2n) is 8.08. The molecule has 0 aromatic heterocycles. The summed E-state index contributed by atoms with van der Waals surface area (Å²) in [5.74, 6) is -5.04. The summed E-state index contributed by atoms with van der Waals surface area (Å²) >= 11 is 0. The molecule has 1 fully saturated rings. The van der Waals surface area contributed by atoms with Crippen LogP contribution in [0.25, 0.3) is 0 Å². The van der Waals surface area contributed by atoms with Gasteiger partial charge in [-0.3, -0.25) is 19.2 Å². The quantitative estimate of drug-likeness (QED) is 0.173. The topological polar surface area (TPSA) is 194 Å². The minimum atomic E-state index is -1.50. The lowest BCUT2D eigenvalue weighted by molar-refractivity contribution is -0.144. The van der Waals surface area contributed by atoms with Gasteiger partial charge in [-0.05, 0) is 38.6 Å². The van der Waals surface area contributed by atoms with Crippen LogP contribution >= 0.6 is 0 Å². The highest BCUT2D eigenvalue weighted by Gasteiger charge is 2.34. The van der Waals surface area contributed by atoms with Gasteiger partial charge in [-0.15, -0.1) is 0 Å². The van der Waals surface area contributed by atoms with Gasteiger partial charge in [-0.25, -0.2) is 4.79 Å². The molecule has 182 valence electrons. The number of amides is 3. The van der Waals surface area contributed by atoms with E-state index in [-0.39, 0.29) is 6.42 Å². The fourth-order valence-corrected chi connectivity index (χ4v) is 3.30. The molecule has 6 unspecified atom stereocenters. The molecular formula is C20H34N4O8. The number of carbonyl (C=O) groups is 5. The Morgan fingerprint density at radius 2 is 1.62 bits per heavy atom.